The molecule has 0 amide bonds. The molecular formula is C19H19N7O2. The number of nitrogens with zero attached hydrogens (tertiary/aromatic N) is 5. The largest absolute Gasteiger partial charge is 0.486 e. The maximum absolute atomic E-state index is 6.04. The minimum atomic E-state index is -0.0938. The number of fused-ring (bicyclic) bond motifs is 1. The fourth-order valence-corrected chi connectivity index (χ4v) is 3.31. The van der Waals surface area contributed by atoms with Gasteiger partial charge in [-0.25, -0.2) is 9.50 Å². The van der Waals surface area contributed by atoms with Crippen molar-refractivity contribution in [2.24, 2.45) is 0 Å². The molecule has 0 spiro atoms. The van der Waals surface area contributed by atoms with Crippen molar-refractivity contribution >= 4 is 17.2 Å². The Morgan fingerprint density at radius 3 is 3.14 bits per heavy atom. The second-order valence-corrected chi connectivity index (χ2v) is 6.65. The lowest BCUT2D eigenvalue weighted by atomic mass is 10.1. The molecule has 1 aliphatic rings. The third kappa shape index (κ3) is 3.16. The number of aromatic amines is 1. The Morgan fingerprint density at radius 2 is 2.21 bits per heavy atom. The van der Waals surface area contributed by atoms with Crippen molar-refractivity contribution in [1.82, 2.24) is 29.8 Å². The van der Waals surface area contributed by atoms with Gasteiger partial charge in [-0.3, -0.25) is 10.1 Å². The molecule has 1 fully saturated rings. The van der Waals surface area contributed by atoms with Crippen LogP contribution < -0.4 is 10.1 Å². The number of rotatable bonds is 5. The smallest absolute Gasteiger partial charge is 0.157 e. The van der Waals surface area contributed by atoms with Gasteiger partial charge in [0, 0.05) is 31.1 Å². The van der Waals surface area contributed by atoms with Crippen molar-refractivity contribution in [3.05, 3.63) is 60.4 Å². The van der Waals surface area contributed by atoms with E-state index in [-0.39, 0.29) is 12.2 Å². The Morgan fingerprint density at radius 1 is 1.25 bits per heavy atom. The van der Waals surface area contributed by atoms with Crippen molar-refractivity contribution in [2.45, 2.75) is 25.6 Å². The fourth-order valence-electron chi connectivity index (χ4n) is 3.31. The Balaban J connectivity index is 1.26. The van der Waals surface area contributed by atoms with Gasteiger partial charge in [-0.2, -0.15) is 10.2 Å². The third-order valence-electron chi connectivity index (χ3n) is 4.73. The number of anilines is 2. The predicted octanol–water partition coefficient (Wildman–Crippen LogP) is 2.81. The molecule has 5 heterocycles. The van der Waals surface area contributed by atoms with Crippen molar-refractivity contribution < 1.29 is 9.47 Å². The lowest BCUT2D eigenvalue weighted by molar-refractivity contribution is 0.0918. The molecule has 1 saturated heterocycles. The number of hydrogen-bond donors (Lipinski definition) is 2. The first-order chi connectivity index (χ1) is 13.8. The normalized spacial score (nSPS) is 19.2. The van der Waals surface area contributed by atoms with Crippen LogP contribution in [0.5, 0.6) is 5.75 Å². The topological polar surface area (TPSA) is 102 Å². The van der Waals surface area contributed by atoms with E-state index >= 15 is 0 Å². The fraction of sp³-hybridized carbons (Fsp3) is 0.263. The molecule has 0 aromatic carbocycles. The molecule has 0 bridgehead atoms. The Hall–Kier alpha value is -3.46. The standard InChI is InChI=1S/C19H19N7O2/c1-12-16(3-2-5-20-12)28-13-9-17(27-11-13)14-10-18(25-24-14)23-19-15-4-6-22-26(15)8-7-21-19/h2-8,10,13,17H,9,11H2,1H3,(H2,21,23,24,25)/t13-,17-/m1/s1. The summed E-state index contributed by atoms with van der Waals surface area (Å²) in [6.07, 6.45) is 7.61. The van der Waals surface area contributed by atoms with Gasteiger partial charge in [-0.15, -0.1) is 0 Å². The van der Waals surface area contributed by atoms with E-state index in [0.29, 0.717) is 18.2 Å². The van der Waals surface area contributed by atoms with Gasteiger partial charge in [0.15, 0.2) is 11.6 Å². The molecule has 0 unspecified atom stereocenters. The van der Waals surface area contributed by atoms with Crippen molar-refractivity contribution in [1.29, 1.82) is 0 Å². The van der Waals surface area contributed by atoms with Crippen molar-refractivity contribution in [2.75, 3.05) is 11.9 Å². The Labute approximate surface area is 160 Å². The molecule has 0 radical (unpaired) electrons. The van der Waals surface area contributed by atoms with Gasteiger partial charge in [0.2, 0.25) is 0 Å². The molecule has 0 aliphatic carbocycles. The highest BCUT2D eigenvalue weighted by atomic mass is 16.6. The summed E-state index contributed by atoms with van der Waals surface area (Å²) in [6.45, 7) is 2.46. The van der Waals surface area contributed by atoms with Crippen LogP contribution in [0.1, 0.15) is 23.9 Å². The average molecular weight is 377 g/mol. The first kappa shape index (κ1) is 16.7. The van der Waals surface area contributed by atoms with E-state index in [4.69, 9.17) is 9.47 Å². The second-order valence-electron chi connectivity index (χ2n) is 6.65. The van der Waals surface area contributed by atoms with Crippen LogP contribution in [-0.2, 0) is 4.74 Å². The highest BCUT2D eigenvalue weighted by Gasteiger charge is 2.30. The van der Waals surface area contributed by atoms with Crippen LogP contribution in [0.25, 0.3) is 5.52 Å². The number of pyridine rings is 1. The van der Waals surface area contributed by atoms with Gasteiger partial charge < -0.3 is 14.8 Å². The molecule has 4 aromatic heterocycles. The zero-order chi connectivity index (χ0) is 18.9. The minimum absolute atomic E-state index is 0.0187. The summed E-state index contributed by atoms with van der Waals surface area (Å²) in [5, 5.41) is 14.8. The van der Waals surface area contributed by atoms with Crippen LogP contribution in [0.3, 0.4) is 0 Å². The maximum Gasteiger partial charge on any atom is 0.157 e. The predicted molar refractivity (Wildman–Crippen MR) is 102 cm³/mol. The summed E-state index contributed by atoms with van der Waals surface area (Å²) in [5.74, 6) is 2.16. The molecular weight excluding hydrogens is 358 g/mol. The van der Waals surface area contributed by atoms with Crippen molar-refractivity contribution in [3.63, 3.8) is 0 Å². The van der Waals surface area contributed by atoms with Crippen LogP contribution in [0.15, 0.2) is 49.1 Å². The molecule has 28 heavy (non-hydrogen) atoms. The van der Waals surface area contributed by atoms with E-state index in [1.807, 2.05) is 31.2 Å². The SMILES string of the molecule is Cc1ncccc1O[C@H]1CO[C@@H](c2cc(Nc3nccn4nccc34)n[nH]2)C1. The van der Waals surface area contributed by atoms with Gasteiger partial charge in [0.05, 0.1) is 24.2 Å². The minimum Gasteiger partial charge on any atom is -0.486 e. The number of H-pyrrole nitrogens is 1. The zero-order valence-electron chi connectivity index (χ0n) is 15.2. The highest BCUT2D eigenvalue weighted by Crippen LogP contribution is 2.32. The van der Waals surface area contributed by atoms with Gasteiger partial charge in [-0.1, -0.05) is 0 Å². The van der Waals surface area contributed by atoms with E-state index in [2.05, 4.69) is 30.6 Å². The molecule has 2 atom stereocenters. The quantitative estimate of drug-likeness (QED) is 0.551. The van der Waals surface area contributed by atoms with Gasteiger partial charge in [0.1, 0.15) is 23.5 Å². The first-order valence-electron chi connectivity index (χ1n) is 9.07. The molecule has 9 heteroatoms. The van der Waals surface area contributed by atoms with E-state index in [1.54, 1.807) is 29.3 Å². The molecule has 5 rings (SSSR count). The van der Waals surface area contributed by atoms with Crippen LogP contribution in [0, 0.1) is 6.92 Å². The van der Waals surface area contributed by atoms with E-state index in [1.165, 1.54) is 0 Å². The van der Waals surface area contributed by atoms with E-state index in [0.717, 1.165) is 29.1 Å². The maximum atomic E-state index is 6.04. The summed E-state index contributed by atoms with van der Waals surface area (Å²) in [4.78, 5) is 8.62. The first-order valence-corrected chi connectivity index (χ1v) is 9.07. The number of ether oxygens (including phenoxy) is 2. The molecule has 4 aromatic rings. The number of aryl methyl sites for hydroxylation is 1. The summed E-state index contributed by atoms with van der Waals surface area (Å²) in [6, 6.07) is 7.63. The monoisotopic (exact) mass is 377 g/mol. The molecule has 1 aliphatic heterocycles. The van der Waals surface area contributed by atoms with Crippen LogP contribution in [0.2, 0.25) is 0 Å². The molecule has 2 N–H and O–H groups in total. The second kappa shape index (κ2) is 6.93. The Bertz CT molecular complexity index is 1110. The molecule has 9 nitrogen and oxygen atoms in total. The average Bonchev–Trinajstić information content (AvgIpc) is 3.44. The summed E-state index contributed by atoms with van der Waals surface area (Å²) >= 11 is 0. The molecule has 0 saturated carbocycles. The Kier molecular flexibility index (Phi) is 4.13. The molecule has 142 valence electrons. The van der Waals surface area contributed by atoms with E-state index in [9.17, 15) is 0 Å². The summed E-state index contributed by atoms with van der Waals surface area (Å²) in [7, 11) is 0. The van der Waals surface area contributed by atoms with Gasteiger partial charge >= 0.3 is 0 Å². The van der Waals surface area contributed by atoms with Crippen molar-refractivity contribution in [3.8, 4) is 5.75 Å². The zero-order valence-corrected chi connectivity index (χ0v) is 15.2. The van der Waals surface area contributed by atoms with Gasteiger partial charge in [-0.05, 0) is 25.1 Å². The van der Waals surface area contributed by atoms with Crippen LogP contribution in [-0.4, -0.2) is 42.5 Å². The van der Waals surface area contributed by atoms with Crippen LogP contribution >= 0.6 is 0 Å². The van der Waals surface area contributed by atoms with Crippen LogP contribution in [0.4, 0.5) is 11.6 Å². The van der Waals surface area contributed by atoms with E-state index < -0.39 is 0 Å². The summed E-state index contributed by atoms with van der Waals surface area (Å²) in [5.41, 5.74) is 2.65. The number of hydrogen-bond acceptors (Lipinski definition) is 7. The lowest BCUT2D eigenvalue weighted by Gasteiger charge is -2.13. The number of aromatic nitrogens is 6. The third-order valence-corrected chi connectivity index (χ3v) is 4.73. The lowest BCUT2D eigenvalue weighted by Crippen LogP contribution is -2.16. The van der Waals surface area contributed by atoms with Gasteiger partial charge in [0.25, 0.3) is 0 Å². The highest BCUT2D eigenvalue weighted by molar-refractivity contribution is 5.71. The summed E-state index contributed by atoms with van der Waals surface area (Å²) < 4.78 is 13.7. The number of nitrogens with one attached hydrogen (secondary N) is 2.